The molecule has 0 saturated heterocycles. The summed E-state index contributed by atoms with van der Waals surface area (Å²) >= 11 is 0. The monoisotopic (exact) mass is 228 g/mol. The van der Waals surface area contributed by atoms with Crippen LogP contribution in [0.2, 0.25) is 0 Å². The minimum atomic E-state index is -0.845. The van der Waals surface area contributed by atoms with E-state index in [0.717, 1.165) is 18.6 Å². The molecule has 2 nitrogen and oxygen atoms in total. The van der Waals surface area contributed by atoms with Gasteiger partial charge in [0.2, 0.25) is 0 Å². The van der Waals surface area contributed by atoms with Gasteiger partial charge in [0.1, 0.15) is 0 Å². The highest BCUT2D eigenvalue weighted by molar-refractivity contribution is 5.43. The van der Waals surface area contributed by atoms with E-state index < -0.39 is 11.6 Å². The smallest absolute Gasteiger partial charge is 0.160 e. The van der Waals surface area contributed by atoms with Crippen molar-refractivity contribution in [2.75, 3.05) is 11.9 Å². The average Bonchev–Trinajstić information content (AvgIpc) is 2.19. The van der Waals surface area contributed by atoms with Crippen LogP contribution < -0.4 is 11.1 Å². The van der Waals surface area contributed by atoms with Crippen LogP contribution in [-0.2, 0) is 0 Å². The van der Waals surface area contributed by atoms with Gasteiger partial charge in [-0.05, 0) is 30.5 Å². The van der Waals surface area contributed by atoms with Crippen molar-refractivity contribution < 1.29 is 8.78 Å². The summed E-state index contributed by atoms with van der Waals surface area (Å²) in [7, 11) is 0. The molecule has 16 heavy (non-hydrogen) atoms. The van der Waals surface area contributed by atoms with Gasteiger partial charge in [0.05, 0.1) is 0 Å². The molecule has 0 spiro atoms. The number of nitrogens with two attached hydrogens (primary N) is 1. The minimum Gasteiger partial charge on any atom is -0.383 e. The Bertz CT molecular complexity index is 340. The van der Waals surface area contributed by atoms with Crippen molar-refractivity contribution in [2.24, 2.45) is 11.7 Å². The number of nitrogens with one attached hydrogen (secondary N) is 1. The summed E-state index contributed by atoms with van der Waals surface area (Å²) in [6.45, 7) is 4.75. The van der Waals surface area contributed by atoms with Gasteiger partial charge in [-0.25, -0.2) is 8.78 Å². The van der Waals surface area contributed by atoms with Gasteiger partial charge in [-0.1, -0.05) is 13.8 Å². The third kappa shape index (κ3) is 4.14. The van der Waals surface area contributed by atoms with Crippen molar-refractivity contribution in [3.8, 4) is 0 Å². The topological polar surface area (TPSA) is 38.0 Å². The molecule has 1 unspecified atom stereocenters. The SMILES string of the molecule is CC(C)CC(N)CNc1ccc(F)c(F)c1. The third-order valence-corrected chi connectivity index (χ3v) is 2.26. The fourth-order valence-electron chi connectivity index (χ4n) is 1.54. The van der Waals surface area contributed by atoms with Crippen LogP contribution in [0.4, 0.5) is 14.5 Å². The van der Waals surface area contributed by atoms with Gasteiger partial charge in [0, 0.05) is 18.3 Å². The molecule has 0 heterocycles. The van der Waals surface area contributed by atoms with Crippen molar-refractivity contribution in [3.63, 3.8) is 0 Å². The number of rotatable bonds is 5. The first-order valence-electron chi connectivity index (χ1n) is 5.43. The highest BCUT2D eigenvalue weighted by Gasteiger charge is 2.06. The van der Waals surface area contributed by atoms with Gasteiger partial charge in [-0.3, -0.25) is 0 Å². The molecule has 0 fully saturated rings. The van der Waals surface area contributed by atoms with Gasteiger partial charge in [0.25, 0.3) is 0 Å². The number of benzene rings is 1. The second kappa shape index (κ2) is 5.80. The fraction of sp³-hybridized carbons (Fsp3) is 0.500. The van der Waals surface area contributed by atoms with Gasteiger partial charge in [0.15, 0.2) is 11.6 Å². The van der Waals surface area contributed by atoms with Gasteiger partial charge < -0.3 is 11.1 Å². The molecule has 0 aliphatic rings. The van der Waals surface area contributed by atoms with E-state index in [0.29, 0.717) is 18.2 Å². The van der Waals surface area contributed by atoms with E-state index in [1.807, 2.05) is 0 Å². The Morgan fingerprint density at radius 2 is 1.94 bits per heavy atom. The summed E-state index contributed by atoms with van der Waals surface area (Å²) in [6.07, 6.45) is 0.899. The van der Waals surface area contributed by atoms with Crippen LogP contribution in [-0.4, -0.2) is 12.6 Å². The molecular formula is C12H18F2N2. The van der Waals surface area contributed by atoms with Gasteiger partial charge in [-0.15, -0.1) is 0 Å². The Kier molecular flexibility index (Phi) is 4.68. The fourth-order valence-corrected chi connectivity index (χ4v) is 1.54. The van der Waals surface area contributed by atoms with Crippen LogP contribution >= 0.6 is 0 Å². The lowest BCUT2D eigenvalue weighted by atomic mass is 10.0. The van der Waals surface area contributed by atoms with E-state index >= 15 is 0 Å². The van der Waals surface area contributed by atoms with Crippen LogP contribution in [0.1, 0.15) is 20.3 Å². The first-order valence-corrected chi connectivity index (χ1v) is 5.43. The van der Waals surface area contributed by atoms with E-state index in [1.165, 1.54) is 6.07 Å². The Balaban J connectivity index is 2.45. The van der Waals surface area contributed by atoms with Crippen molar-refractivity contribution in [1.29, 1.82) is 0 Å². The van der Waals surface area contributed by atoms with Crippen molar-refractivity contribution in [1.82, 2.24) is 0 Å². The number of hydrogen-bond donors (Lipinski definition) is 2. The van der Waals surface area contributed by atoms with E-state index in [-0.39, 0.29) is 6.04 Å². The normalized spacial score (nSPS) is 12.9. The van der Waals surface area contributed by atoms with Crippen molar-refractivity contribution in [2.45, 2.75) is 26.3 Å². The molecule has 1 aromatic carbocycles. The van der Waals surface area contributed by atoms with Gasteiger partial charge >= 0.3 is 0 Å². The highest BCUT2D eigenvalue weighted by Crippen LogP contribution is 2.13. The Morgan fingerprint density at radius 3 is 2.50 bits per heavy atom. The predicted octanol–water partition coefficient (Wildman–Crippen LogP) is 2.75. The molecule has 0 aliphatic heterocycles. The lowest BCUT2D eigenvalue weighted by Crippen LogP contribution is -2.30. The quantitative estimate of drug-likeness (QED) is 0.813. The van der Waals surface area contributed by atoms with Crippen LogP contribution in [0.15, 0.2) is 18.2 Å². The molecule has 1 atom stereocenters. The number of anilines is 1. The maximum absolute atomic E-state index is 12.9. The second-order valence-electron chi connectivity index (χ2n) is 4.40. The van der Waals surface area contributed by atoms with Crippen molar-refractivity contribution >= 4 is 5.69 Å². The average molecular weight is 228 g/mol. The summed E-state index contributed by atoms with van der Waals surface area (Å²) in [5.74, 6) is -1.15. The van der Waals surface area contributed by atoms with Crippen LogP contribution in [0, 0.1) is 17.6 Å². The minimum absolute atomic E-state index is 0.0214. The Morgan fingerprint density at radius 1 is 1.25 bits per heavy atom. The summed E-state index contributed by atoms with van der Waals surface area (Å²) in [5.41, 5.74) is 6.41. The van der Waals surface area contributed by atoms with Crippen LogP contribution in [0.25, 0.3) is 0 Å². The molecule has 0 bridgehead atoms. The van der Waals surface area contributed by atoms with Crippen LogP contribution in [0.5, 0.6) is 0 Å². The zero-order chi connectivity index (χ0) is 12.1. The Hall–Kier alpha value is -1.16. The Labute approximate surface area is 94.8 Å². The number of hydrogen-bond acceptors (Lipinski definition) is 2. The second-order valence-corrected chi connectivity index (χ2v) is 4.40. The molecule has 0 aliphatic carbocycles. The standard InChI is InChI=1S/C12H18F2N2/c1-8(2)5-9(15)7-16-10-3-4-11(13)12(14)6-10/h3-4,6,8-9,16H,5,7,15H2,1-2H3. The van der Waals surface area contributed by atoms with Gasteiger partial charge in [-0.2, -0.15) is 0 Å². The molecular weight excluding hydrogens is 210 g/mol. The van der Waals surface area contributed by atoms with E-state index in [9.17, 15) is 8.78 Å². The summed E-state index contributed by atoms with van der Waals surface area (Å²) < 4.78 is 25.5. The molecule has 90 valence electrons. The molecule has 0 radical (unpaired) electrons. The summed E-state index contributed by atoms with van der Waals surface area (Å²) in [4.78, 5) is 0. The zero-order valence-corrected chi connectivity index (χ0v) is 9.63. The van der Waals surface area contributed by atoms with Crippen LogP contribution in [0.3, 0.4) is 0 Å². The lowest BCUT2D eigenvalue weighted by molar-refractivity contribution is 0.504. The molecule has 1 aromatic rings. The maximum Gasteiger partial charge on any atom is 0.160 e. The molecule has 0 aromatic heterocycles. The lowest BCUT2D eigenvalue weighted by Gasteiger charge is -2.15. The molecule has 1 rings (SSSR count). The summed E-state index contributed by atoms with van der Waals surface area (Å²) in [5, 5.41) is 2.99. The maximum atomic E-state index is 12.9. The zero-order valence-electron chi connectivity index (χ0n) is 9.63. The predicted molar refractivity (Wildman–Crippen MR) is 62.3 cm³/mol. The van der Waals surface area contributed by atoms with E-state index in [4.69, 9.17) is 5.73 Å². The third-order valence-electron chi connectivity index (χ3n) is 2.26. The summed E-state index contributed by atoms with van der Waals surface area (Å²) in [6, 6.07) is 3.76. The van der Waals surface area contributed by atoms with E-state index in [2.05, 4.69) is 19.2 Å². The van der Waals surface area contributed by atoms with E-state index in [1.54, 1.807) is 0 Å². The molecule has 4 heteroatoms. The molecule has 0 saturated carbocycles. The first kappa shape index (κ1) is 12.9. The molecule has 3 N–H and O–H groups in total. The van der Waals surface area contributed by atoms with Crippen molar-refractivity contribution in [3.05, 3.63) is 29.8 Å². The number of halogens is 2. The largest absolute Gasteiger partial charge is 0.383 e. The highest BCUT2D eigenvalue weighted by atomic mass is 19.2. The first-order chi connectivity index (χ1) is 7.49. The molecule has 0 amide bonds.